The zero-order valence-electron chi connectivity index (χ0n) is 8.96. The van der Waals surface area contributed by atoms with Crippen molar-refractivity contribution < 1.29 is 27.4 Å². The van der Waals surface area contributed by atoms with E-state index in [9.17, 15) is 18.0 Å². The Hall–Kier alpha value is -1.47. The van der Waals surface area contributed by atoms with Crippen LogP contribution in [0.25, 0.3) is 0 Å². The van der Waals surface area contributed by atoms with E-state index in [4.69, 9.17) is 17.3 Å². The lowest BCUT2D eigenvalue weighted by molar-refractivity contribution is -0.190. The number of ether oxygens (including phenoxy) is 2. The van der Waals surface area contributed by atoms with Crippen LogP contribution in [0.5, 0.6) is 0 Å². The molecule has 0 aliphatic rings. The van der Waals surface area contributed by atoms with Crippen molar-refractivity contribution in [1.82, 2.24) is 0 Å². The fourth-order valence-corrected chi connectivity index (χ4v) is 1.22. The predicted octanol–water partition coefficient (Wildman–Crippen LogP) is 2.62. The Morgan fingerprint density at radius 2 is 2.06 bits per heavy atom. The quantitative estimate of drug-likeness (QED) is 0.399. The van der Waals surface area contributed by atoms with Crippen molar-refractivity contribution in [3.8, 4) is 0 Å². The van der Waals surface area contributed by atoms with E-state index in [1.165, 1.54) is 18.2 Å². The van der Waals surface area contributed by atoms with Crippen LogP contribution in [0.2, 0.25) is 5.02 Å². The number of nitrogens with two attached hydrogens (primary N) is 1. The van der Waals surface area contributed by atoms with E-state index in [1.54, 1.807) is 0 Å². The van der Waals surface area contributed by atoms with Gasteiger partial charge in [0.1, 0.15) is 6.61 Å². The average Bonchev–Trinajstić information content (AvgIpc) is 2.26. The molecular weight excluding hydrogens is 275 g/mol. The van der Waals surface area contributed by atoms with Gasteiger partial charge >= 0.3 is 12.1 Å². The van der Waals surface area contributed by atoms with Crippen molar-refractivity contribution >= 4 is 23.3 Å². The minimum absolute atomic E-state index is 0.0000111. The highest BCUT2D eigenvalue weighted by molar-refractivity contribution is 6.33. The van der Waals surface area contributed by atoms with Crippen molar-refractivity contribution in [2.24, 2.45) is 0 Å². The molecule has 0 fully saturated rings. The van der Waals surface area contributed by atoms with Crippen molar-refractivity contribution in [1.29, 1.82) is 0 Å². The third-order valence-electron chi connectivity index (χ3n) is 1.81. The zero-order valence-corrected chi connectivity index (χ0v) is 9.72. The van der Waals surface area contributed by atoms with Crippen LogP contribution in [0, 0.1) is 0 Å². The number of carbonyl (C=O) groups is 1. The van der Waals surface area contributed by atoms with Gasteiger partial charge in [0.25, 0.3) is 0 Å². The van der Waals surface area contributed by atoms with E-state index in [0.717, 1.165) is 0 Å². The maximum Gasteiger partial charge on any atom is 0.411 e. The zero-order chi connectivity index (χ0) is 13.8. The first kappa shape index (κ1) is 14.6. The average molecular weight is 284 g/mol. The molecule has 2 N–H and O–H groups in total. The van der Waals surface area contributed by atoms with Gasteiger partial charge in [0.05, 0.1) is 16.3 Å². The summed E-state index contributed by atoms with van der Waals surface area (Å²) in [5.41, 5.74) is 5.47. The van der Waals surface area contributed by atoms with Crippen molar-refractivity contribution in [3.63, 3.8) is 0 Å². The number of alkyl halides is 3. The topological polar surface area (TPSA) is 61.6 Å². The van der Waals surface area contributed by atoms with Gasteiger partial charge in [-0.3, -0.25) is 0 Å². The Bertz CT molecular complexity index is 437. The first-order chi connectivity index (χ1) is 8.31. The number of benzene rings is 1. The number of esters is 1. The smallest absolute Gasteiger partial charge is 0.411 e. The van der Waals surface area contributed by atoms with Crippen LogP contribution in [0.4, 0.5) is 18.9 Å². The van der Waals surface area contributed by atoms with E-state index in [2.05, 4.69) is 9.47 Å². The van der Waals surface area contributed by atoms with Crippen LogP contribution in [0.1, 0.15) is 10.4 Å². The van der Waals surface area contributed by atoms with Gasteiger partial charge in [-0.25, -0.2) is 4.79 Å². The van der Waals surface area contributed by atoms with Crippen molar-refractivity contribution in [2.45, 2.75) is 6.18 Å². The number of rotatable bonds is 4. The van der Waals surface area contributed by atoms with Crippen LogP contribution in [-0.2, 0) is 9.47 Å². The van der Waals surface area contributed by atoms with E-state index in [1.807, 2.05) is 0 Å². The minimum atomic E-state index is -4.47. The van der Waals surface area contributed by atoms with Gasteiger partial charge in [-0.05, 0) is 12.1 Å². The summed E-state index contributed by atoms with van der Waals surface area (Å²) in [6.45, 7) is -2.31. The van der Waals surface area contributed by atoms with Gasteiger partial charge < -0.3 is 15.2 Å². The third-order valence-corrected chi connectivity index (χ3v) is 2.14. The van der Waals surface area contributed by atoms with Gasteiger partial charge in [-0.1, -0.05) is 17.7 Å². The van der Waals surface area contributed by atoms with Gasteiger partial charge in [0.15, 0.2) is 6.79 Å². The Morgan fingerprint density at radius 3 is 2.67 bits per heavy atom. The highest BCUT2D eigenvalue weighted by Crippen LogP contribution is 2.23. The van der Waals surface area contributed by atoms with E-state index in [0.29, 0.717) is 0 Å². The number of anilines is 1. The Balaban J connectivity index is 2.49. The molecule has 8 heteroatoms. The molecule has 1 aromatic carbocycles. The maximum absolute atomic E-state index is 11.7. The molecular formula is C10H9ClF3NO3. The fourth-order valence-electron chi connectivity index (χ4n) is 1.05. The second-order valence-corrected chi connectivity index (χ2v) is 3.62. The normalized spacial score (nSPS) is 11.3. The molecule has 0 heterocycles. The summed E-state index contributed by atoms with van der Waals surface area (Å²) in [6.07, 6.45) is -4.47. The molecule has 0 aliphatic heterocycles. The largest absolute Gasteiger partial charge is 0.435 e. The molecule has 0 spiro atoms. The first-order valence-electron chi connectivity index (χ1n) is 4.67. The lowest BCUT2D eigenvalue weighted by Gasteiger charge is -2.09. The first-order valence-corrected chi connectivity index (χ1v) is 5.04. The molecule has 0 aliphatic carbocycles. The van der Waals surface area contributed by atoms with E-state index >= 15 is 0 Å². The molecule has 4 nitrogen and oxygen atoms in total. The maximum atomic E-state index is 11.7. The highest BCUT2D eigenvalue weighted by Gasteiger charge is 2.27. The van der Waals surface area contributed by atoms with Crippen LogP contribution in [0.3, 0.4) is 0 Å². The van der Waals surface area contributed by atoms with E-state index in [-0.39, 0.29) is 16.3 Å². The molecule has 18 heavy (non-hydrogen) atoms. The van der Waals surface area contributed by atoms with Crippen LogP contribution in [0.15, 0.2) is 18.2 Å². The van der Waals surface area contributed by atoms with Crippen LogP contribution < -0.4 is 5.73 Å². The lowest BCUT2D eigenvalue weighted by atomic mass is 10.2. The molecule has 1 aromatic rings. The Kier molecular flexibility index (Phi) is 4.80. The summed E-state index contributed by atoms with van der Waals surface area (Å²) in [4.78, 5) is 11.4. The number of hydrogen-bond acceptors (Lipinski definition) is 4. The van der Waals surface area contributed by atoms with Crippen molar-refractivity contribution in [3.05, 3.63) is 28.8 Å². The highest BCUT2D eigenvalue weighted by atomic mass is 35.5. The molecule has 0 bridgehead atoms. The van der Waals surface area contributed by atoms with Crippen LogP contribution >= 0.6 is 11.6 Å². The summed E-state index contributed by atoms with van der Waals surface area (Å²) >= 11 is 5.67. The molecule has 1 rings (SSSR count). The number of carbonyl (C=O) groups excluding carboxylic acids is 1. The van der Waals surface area contributed by atoms with Gasteiger partial charge in [-0.15, -0.1) is 0 Å². The second-order valence-electron chi connectivity index (χ2n) is 3.21. The van der Waals surface area contributed by atoms with Gasteiger partial charge in [-0.2, -0.15) is 13.2 Å². The second kappa shape index (κ2) is 5.92. The van der Waals surface area contributed by atoms with E-state index < -0.39 is 25.5 Å². The Morgan fingerprint density at radius 1 is 1.39 bits per heavy atom. The molecule has 100 valence electrons. The lowest BCUT2D eigenvalue weighted by Crippen LogP contribution is -2.19. The predicted molar refractivity (Wildman–Crippen MR) is 58.2 cm³/mol. The summed E-state index contributed by atoms with van der Waals surface area (Å²) < 4.78 is 43.7. The monoisotopic (exact) mass is 283 g/mol. The van der Waals surface area contributed by atoms with Crippen LogP contribution in [-0.4, -0.2) is 25.5 Å². The number of halogens is 4. The molecule has 0 amide bonds. The molecule has 0 atom stereocenters. The standard InChI is InChI=1S/C10H9ClF3NO3/c11-7-3-1-2-6(8(7)15)9(16)18-5-17-4-10(12,13)14/h1-3H,4-5,15H2. The summed E-state index contributed by atoms with van der Waals surface area (Å²) in [6, 6.07) is 4.27. The molecule has 0 aromatic heterocycles. The summed E-state index contributed by atoms with van der Waals surface area (Å²) in [5, 5.41) is 0.153. The Labute approximate surface area is 105 Å². The molecule has 0 saturated carbocycles. The number of nitrogen functional groups attached to an aromatic ring is 1. The summed E-state index contributed by atoms with van der Waals surface area (Å²) in [7, 11) is 0. The van der Waals surface area contributed by atoms with Gasteiger partial charge in [0.2, 0.25) is 0 Å². The molecule has 0 unspecified atom stereocenters. The number of para-hydroxylation sites is 1. The minimum Gasteiger partial charge on any atom is -0.435 e. The molecule has 0 saturated heterocycles. The SMILES string of the molecule is Nc1c(Cl)cccc1C(=O)OCOCC(F)(F)F. The van der Waals surface area contributed by atoms with Crippen molar-refractivity contribution in [2.75, 3.05) is 19.1 Å². The summed E-state index contributed by atoms with van der Waals surface area (Å²) in [5.74, 6) is -0.905. The van der Waals surface area contributed by atoms with Gasteiger partial charge in [0, 0.05) is 0 Å². The third kappa shape index (κ3) is 4.42. The number of hydrogen-bond donors (Lipinski definition) is 1. The molecule has 0 radical (unpaired) electrons. The fraction of sp³-hybridized carbons (Fsp3) is 0.300.